The van der Waals surface area contributed by atoms with E-state index in [1.807, 2.05) is 32.4 Å². The number of carbonyl (C=O) groups excluding carboxylic acids is 2. The zero-order valence-electron chi connectivity index (χ0n) is 11.6. The number of hydrogen-bond donors (Lipinski definition) is 0. The normalized spacial score (nSPS) is 23.5. The third-order valence-corrected chi connectivity index (χ3v) is 4.85. The summed E-state index contributed by atoms with van der Waals surface area (Å²) in [5, 5.41) is 4.38. The Morgan fingerprint density at radius 1 is 1.21 bits per heavy atom. The highest BCUT2D eigenvalue weighted by molar-refractivity contribution is 9.10. The fraction of sp³-hybridized carbons (Fsp3) is 0.615. The van der Waals surface area contributed by atoms with Gasteiger partial charge in [0, 0.05) is 18.4 Å². The van der Waals surface area contributed by atoms with Crippen LogP contribution >= 0.6 is 15.9 Å². The summed E-state index contributed by atoms with van der Waals surface area (Å²) in [6.07, 6.45) is 0. The minimum Gasteiger partial charge on any atom is -0.276 e. The molecule has 0 spiro atoms. The van der Waals surface area contributed by atoms with E-state index in [1.165, 1.54) is 4.90 Å². The van der Waals surface area contributed by atoms with Gasteiger partial charge in [0.2, 0.25) is 11.8 Å². The van der Waals surface area contributed by atoms with Crippen molar-refractivity contribution >= 4 is 27.7 Å². The SMILES string of the molecule is CCn1nc(C)c(Br)c1CN1C(=O)C(C)C(C)C1=O. The van der Waals surface area contributed by atoms with Crippen molar-refractivity contribution in [1.82, 2.24) is 14.7 Å². The molecule has 5 nitrogen and oxygen atoms in total. The number of amides is 2. The largest absolute Gasteiger partial charge is 0.276 e. The van der Waals surface area contributed by atoms with Crippen molar-refractivity contribution in [2.45, 2.75) is 40.8 Å². The number of rotatable bonds is 3. The summed E-state index contributed by atoms with van der Waals surface area (Å²) in [6, 6.07) is 0. The Labute approximate surface area is 121 Å². The number of halogens is 1. The predicted molar refractivity (Wildman–Crippen MR) is 74.2 cm³/mol. The molecule has 104 valence electrons. The Balaban J connectivity index is 2.32. The van der Waals surface area contributed by atoms with E-state index in [2.05, 4.69) is 21.0 Å². The highest BCUT2D eigenvalue weighted by atomic mass is 79.9. The van der Waals surface area contributed by atoms with Crippen LogP contribution in [0.2, 0.25) is 0 Å². The quantitative estimate of drug-likeness (QED) is 0.799. The maximum Gasteiger partial charge on any atom is 0.233 e. The smallest absolute Gasteiger partial charge is 0.233 e. The van der Waals surface area contributed by atoms with E-state index >= 15 is 0 Å². The first-order valence-corrected chi connectivity index (χ1v) is 7.24. The third-order valence-electron chi connectivity index (χ3n) is 3.82. The lowest BCUT2D eigenvalue weighted by molar-refractivity contribution is -0.140. The van der Waals surface area contributed by atoms with Gasteiger partial charge >= 0.3 is 0 Å². The number of imide groups is 1. The second kappa shape index (κ2) is 5.07. The standard InChI is InChI=1S/C13H18BrN3O2/c1-5-17-10(11(14)9(4)15-17)6-16-12(18)7(2)8(3)13(16)19/h7-8H,5-6H2,1-4H3. The molecule has 2 rings (SSSR count). The molecule has 0 saturated carbocycles. The van der Waals surface area contributed by atoms with E-state index in [0.29, 0.717) is 13.1 Å². The first-order chi connectivity index (χ1) is 8.88. The number of carbonyl (C=O) groups is 2. The van der Waals surface area contributed by atoms with Crippen molar-refractivity contribution < 1.29 is 9.59 Å². The molecule has 2 atom stereocenters. The molecule has 1 saturated heterocycles. The zero-order valence-corrected chi connectivity index (χ0v) is 13.2. The molecule has 2 amide bonds. The van der Waals surface area contributed by atoms with Gasteiger partial charge in [0.05, 0.1) is 22.4 Å². The number of hydrogen-bond acceptors (Lipinski definition) is 3. The predicted octanol–water partition coefficient (Wildman–Crippen LogP) is 2.11. The molecule has 1 aromatic rings. The van der Waals surface area contributed by atoms with Crippen LogP contribution in [0.5, 0.6) is 0 Å². The van der Waals surface area contributed by atoms with Crippen LogP contribution in [0.15, 0.2) is 4.47 Å². The first-order valence-electron chi connectivity index (χ1n) is 6.45. The molecule has 19 heavy (non-hydrogen) atoms. The molecule has 0 radical (unpaired) electrons. The van der Waals surface area contributed by atoms with Crippen molar-refractivity contribution in [3.8, 4) is 0 Å². The summed E-state index contributed by atoms with van der Waals surface area (Å²) in [5.41, 5.74) is 1.75. The Morgan fingerprint density at radius 3 is 2.21 bits per heavy atom. The highest BCUT2D eigenvalue weighted by Crippen LogP contribution is 2.29. The molecule has 1 aliphatic rings. The van der Waals surface area contributed by atoms with E-state index < -0.39 is 0 Å². The van der Waals surface area contributed by atoms with Gasteiger partial charge in [-0.05, 0) is 29.8 Å². The maximum absolute atomic E-state index is 12.1. The molecule has 1 aliphatic heterocycles. The van der Waals surface area contributed by atoms with Crippen LogP contribution in [0.4, 0.5) is 0 Å². The van der Waals surface area contributed by atoms with Crippen molar-refractivity contribution in [3.05, 3.63) is 15.9 Å². The van der Waals surface area contributed by atoms with Gasteiger partial charge in [-0.1, -0.05) is 13.8 Å². The van der Waals surface area contributed by atoms with Crippen LogP contribution in [-0.2, 0) is 22.7 Å². The molecule has 0 aromatic carbocycles. The van der Waals surface area contributed by atoms with Crippen molar-refractivity contribution in [2.24, 2.45) is 11.8 Å². The van der Waals surface area contributed by atoms with Gasteiger partial charge in [-0.25, -0.2) is 0 Å². The lowest BCUT2D eigenvalue weighted by Gasteiger charge is -2.15. The second-order valence-corrected chi connectivity index (χ2v) is 5.79. The van der Waals surface area contributed by atoms with Gasteiger partial charge in [0.25, 0.3) is 0 Å². The van der Waals surface area contributed by atoms with Crippen LogP contribution in [0.25, 0.3) is 0 Å². The molecule has 2 unspecified atom stereocenters. The average Bonchev–Trinajstić information content (AvgIpc) is 2.76. The molecule has 6 heteroatoms. The van der Waals surface area contributed by atoms with Crippen molar-refractivity contribution in [2.75, 3.05) is 0 Å². The maximum atomic E-state index is 12.1. The minimum absolute atomic E-state index is 0.0918. The van der Waals surface area contributed by atoms with Crippen molar-refractivity contribution in [3.63, 3.8) is 0 Å². The fourth-order valence-electron chi connectivity index (χ4n) is 2.35. The van der Waals surface area contributed by atoms with Crippen LogP contribution < -0.4 is 0 Å². The summed E-state index contributed by atoms with van der Waals surface area (Å²) in [6.45, 7) is 8.51. The molecule has 1 aromatic heterocycles. The summed E-state index contributed by atoms with van der Waals surface area (Å²) >= 11 is 3.49. The van der Waals surface area contributed by atoms with Gasteiger partial charge < -0.3 is 0 Å². The summed E-state index contributed by atoms with van der Waals surface area (Å²) < 4.78 is 2.70. The Morgan fingerprint density at radius 2 is 1.74 bits per heavy atom. The average molecular weight is 328 g/mol. The second-order valence-electron chi connectivity index (χ2n) is 5.00. The van der Waals surface area contributed by atoms with Gasteiger partial charge in [-0.2, -0.15) is 5.10 Å². The van der Waals surface area contributed by atoms with Crippen LogP contribution in [-0.4, -0.2) is 26.5 Å². The van der Waals surface area contributed by atoms with Crippen LogP contribution in [0, 0.1) is 18.8 Å². The summed E-state index contributed by atoms with van der Waals surface area (Å²) in [5.74, 6) is -0.646. The van der Waals surface area contributed by atoms with Gasteiger partial charge in [-0.3, -0.25) is 19.2 Å². The number of aryl methyl sites for hydroxylation is 2. The fourth-order valence-corrected chi connectivity index (χ4v) is 2.76. The molecular weight excluding hydrogens is 310 g/mol. The lowest BCUT2D eigenvalue weighted by atomic mass is 10.00. The minimum atomic E-state index is -0.231. The Hall–Kier alpha value is -1.17. The first kappa shape index (κ1) is 14.2. The van der Waals surface area contributed by atoms with Gasteiger partial charge in [-0.15, -0.1) is 0 Å². The molecule has 0 bridgehead atoms. The van der Waals surface area contributed by atoms with Crippen LogP contribution in [0.1, 0.15) is 32.2 Å². The van der Waals surface area contributed by atoms with Gasteiger partial charge in [0.15, 0.2) is 0 Å². The number of likely N-dealkylation sites (tertiary alicyclic amines) is 1. The van der Waals surface area contributed by atoms with E-state index in [9.17, 15) is 9.59 Å². The monoisotopic (exact) mass is 327 g/mol. The van der Waals surface area contributed by atoms with Crippen molar-refractivity contribution in [1.29, 1.82) is 0 Å². The topological polar surface area (TPSA) is 55.2 Å². The van der Waals surface area contributed by atoms with Crippen LogP contribution in [0.3, 0.4) is 0 Å². The number of aromatic nitrogens is 2. The van der Waals surface area contributed by atoms with E-state index in [-0.39, 0.29) is 23.7 Å². The molecule has 0 N–H and O–H groups in total. The summed E-state index contributed by atoms with van der Waals surface area (Å²) in [7, 11) is 0. The molecular formula is C13H18BrN3O2. The highest BCUT2D eigenvalue weighted by Gasteiger charge is 2.42. The van der Waals surface area contributed by atoms with Gasteiger partial charge in [0.1, 0.15) is 0 Å². The number of nitrogens with zero attached hydrogens (tertiary/aromatic N) is 3. The Bertz CT molecular complexity index is 518. The molecule has 2 heterocycles. The van der Waals surface area contributed by atoms with E-state index in [1.54, 1.807) is 0 Å². The van der Waals surface area contributed by atoms with E-state index in [4.69, 9.17) is 0 Å². The zero-order chi connectivity index (χ0) is 14.3. The molecule has 0 aliphatic carbocycles. The Kier molecular flexibility index (Phi) is 3.80. The summed E-state index contributed by atoms with van der Waals surface area (Å²) in [4.78, 5) is 25.6. The lowest BCUT2D eigenvalue weighted by Crippen LogP contribution is -2.31. The molecule has 1 fully saturated rings. The van der Waals surface area contributed by atoms with E-state index in [0.717, 1.165) is 15.9 Å². The third kappa shape index (κ3) is 2.22.